The molecule has 2 fully saturated rings. The molecular formula is C16H20ClN3O2S. The predicted molar refractivity (Wildman–Crippen MR) is 92.7 cm³/mol. The molecule has 1 N–H and O–H groups in total. The number of halogens is 1. The molecule has 7 heteroatoms. The van der Waals surface area contributed by atoms with Gasteiger partial charge in [-0.1, -0.05) is 12.1 Å². The molecule has 0 aliphatic carbocycles. The molecule has 1 unspecified atom stereocenters. The minimum atomic E-state index is -0.251. The van der Waals surface area contributed by atoms with E-state index in [1.165, 1.54) is 0 Å². The van der Waals surface area contributed by atoms with Crippen molar-refractivity contribution in [2.75, 3.05) is 19.4 Å². The van der Waals surface area contributed by atoms with E-state index in [1.54, 1.807) is 23.8 Å². The number of hydrogen-bond acceptors (Lipinski definition) is 5. The highest BCUT2D eigenvalue weighted by atomic mass is 35.5. The van der Waals surface area contributed by atoms with Crippen LogP contribution in [0.2, 0.25) is 0 Å². The number of likely N-dealkylation sites (tertiary alicyclic amines) is 1. The molecule has 2 aliphatic heterocycles. The summed E-state index contributed by atoms with van der Waals surface area (Å²) >= 11 is 1.73. The van der Waals surface area contributed by atoms with Gasteiger partial charge in [-0.2, -0.15) is 5.26 Å². The summed E-state index contributed by atoms with van der Waals surface area (Å²) in [4.78, 5) is 14.3. The molecule has 0 bridgehead atoms. The average Bonchev–Trinajstić information content (AvgIpc) is 3.23. The maximum absolute atomic E-state index is 12.6. The highest BCUT2D eigenvalue weighted by Crippen LogP contribution is 2.34. The van der Waals surface area contributed by atoms with Gasteiger partial charge in [0, 0.05) is 12.3 Å². The van der Waals surface area contributed by atoms with E-state index in [0.717, 1.165) is 29.9 Å². The van der Waals surface area contributed by atoms with Crippen molar-refractivity contribution in [2.24, 2.45) is 0 Å². The van der Waals surface area contributed by atoms with Crippen molar-refractivity contribution in [1.82, 2.24) is 10.2 Å². The molecule has 3 atom stereocenters. The summed E-state index contributed by atoms with van der Waals surface area (Å²) in [6.45, 7) is 0.701. The number of hydrogen-bond donors (Lipinski definition) is 1. The van der Waals surface area contributed by atoms with Crippen molar-refractivity contribution < 1.29 is 9.53 Å². The van der Waals surface area contributed by atoms with Gasteiger partial charge in [-0.25, -0.2) is 0 Å². The normalized spacial score (nSPS) is 26.4. The molecule has 2 aliphatic rings. The summed E-state index contributed by atoms with van der Waals surface area (Å²) < 4.78 is 5.16. The number of nitrogens with zero attached hydrogens (tertiary/aromatic N) is 2. The van der Waals surface area contributed by atoms with Crippen LogP contribution in [0.25, 0.3) is 0 Å². The van der Waals surface area contributed by atoms with Crippen LogP contribution in [0.4, 0.5) is 0 Å². The number of methoxy groups -OCH3 is 1. The van der Waals surface area contributed by atoms with Gasteiger partial charge in [0.15, 0.2) is 0 Å². The van der Waals surface area contributed by atoms with Crippen LogP contribution in [0.5, 0.6) is 5.75 Å². The quantitative estimate of drug-likeness (QED) is 0.903. The number of rotatable bonds is 3. The maximum Gasteiger partial charge on any atom is 0.241 e. The zero-order valence-electron chi connectivity index (χ0n) is 12.9. The maximum atomic E-state index is 12.6. The summed E-state index contributed by atoms with van der Waals surface area (Å²) in [5.74, 6) is 1.63. The SMILES string of the molecule is COc1ccc(C2N[C@H](C(=O)N3CCC[C@H]3C#N)CS2)cc1.Cl. The van der Waals surface area contributed by atoms with Crippen LogP contribution in [-0.4, -0.2) is 42.3 Å². The van der Waals surface area contributed by atoms with E-state index in [9.17, 15) is 4.79 Å². The first-order valence-electron chi connectivity index (χ1n) is 7.44. The zero-order chi connectivity index (χ0) is 15.5. The van der Waals surface area contributed by atoms with Gasteiger partial charge in [-0.05, 0) is 30.5 Å². The van der Waals surface area contributed by atoms with E-state index >= 15 is 0 Å². The fourth-order valence-corrected chi connectivity index (χ4v) is 4.18. The molecular weight excluding hydrogens is 334 g/mol. The molecule has 2 heterocycles. The van der Waals surface area contributed by atoms with Gasteiger partial charge in [0.1, 0.15) is 11.8 Å². The molecule has 124 valence electrons. The first kappa shape index (κ1) is 17.9. The topological polar surface area (TPSA) is 65.4 Å². The molecule has 1 aromatic carbocycles. The van der Waals surface area contributed by atoms with Crippen molar-refractivity contribution in [3.05, 3.63) is 29.8 Å². The van der Waals surface area contributed by atoms with Crippen LogP contribution in [0.1, 0.15) is 23.8 Å². The van der Waals surface area contributed by atoms with Gasteiger partial charge < -0.3 is 9.64 Å². The van der Waals surface area contributed by atoms with Crippen molar-refractivity contribution in [2.45, 2.75) is 30.3 Å². The van der Waals surface area contributed by atoms with Crippen LogP contribution in [-0.2, 0) is 4.79 Å². The Morgan fingerprint density at radius 3 is 2.83 bits per heavy atom. The Bertz CT molecular complexity index is 590. The van der Waals surface area contributed by atoms with E-state index in [-0.39, 0.29) is 35.8 Å². The Balaban J connectivity index is 0.00000192. The zero-order valence-corrected chi connectivity index (χ0v) is 14.5. The molecule has 1 amide bonds. The van der Waals surface area contributed by atoms with E-state index in [1.807, 2.05) is 24.3 Å². The van der Waals surface area contributed by atoms with Crippen molar-refractivity contribution in [3.63, 3.8) is 0 Å². The summed E-state index contributed by atoms with van der Waals surface area (Å²) in [6.07, 6.45) is 1.72. The lowest BCUT2D eigenvalue weighted by molar-refractivity contribution is -0.132. The lowest BCUT2D eigenvalue weighted by atomic mass is 10.2. The standard InChI is InChI=1S/C16H19N3O2S.ClH/c1-21-13-6-4-11(5-7-13)15-18-14(10-22-15)16(20)19-8-2-3-12(19)9-17;/h4-7,12,14-15,18H,2-3,8,10H2,1H3;1H/t12-,14-,15?;/m0./s1. The number of ether oxygens (including phenoxy) is 1. The summed E-state index contributed by atoms with van der Waals surface area (Å²) in [5, 5.41) is 12.6. The Morgan fingerprint density at radius 1 is 1.43 bits per heavy atom. The second-order valence-corrected chi connectivity index (χ2v) is 6.66. The third-order valence-electron chi connectivity index (χ3n) is 4.18. The molecule has 0 radical (unpaired) electrons. The van der Waals surface area contributed by atoms with Crippen molar-refractivity contribution in [3.8, 4) is 11.8 Å². The van der Waals surface area contributed by atoms with Gasteiger partial charge in [-0.3, -0.25) is 10.1 Å². The van der Waals surface area contributed by atoms with Crippen LogP contribution in [0, 0.1) is 11.3 Å². The highest BCUT2D eigenvalue weighted by molar-refractivity contribution is 7.99. The van der Waals surface area contributed by atoms with Gasteiger partial charge in [0.25, 0.3) is 0 Å². The number of benzene rings is 1. The number of amides is 1. The predicted octanol–water partition coefficient (Wildman–Crippen LogP) is 2.34. The van der Waals surface area contributed by atoms with E-state index in [4.69, 9.17) is 10.00 Å². The van der Waals surface area contributed by atoms with E-state index in [0.29, 0.717) is 6.54 Å². The van der Waals surface area contributed by atoms with Gasteiger partial charge in [0.2, 0.25) is 5.91 Å². The van der Waals surface area contributed by atoms with Crippen LogP contribution in [0.15, 0.2) is 24.3 Å². The Hall–Kier alpha value is -1.42. The third-order valence-corrected chi connectivity index (χ3v) is 5.45. The molecule has 1 aromatic rings. The van der Waals surface area contributed by atoms with E-state index in [2.05, 4.69) is 11.4 Å². The largest absolute Gasteiger partial charge is 0.497 e. The average molecular weight is 354 g/mol. The number of thioether (sulfide) groups is 1. The van der Waals surface area contributed by atoms with Crippen molar-refractivity contribution >= 4 is 30.1 Å². The minimum absolute atomic E-state index is 0. The number of nitriles is 1. The van der Waals surface area contributed by atoms with Gasteiger partial charge in [0.05, 0.1) is 24.6 Å². The Morgan fingerprint density at radius 2 is 2.17 bits per heavy atom. The van der Waals surface area contributed by atoms with Crippen LogP contribution in [0.3, 0.4) is 0 Å². The number of nitrogens with one attached hydrogen (secondary N) is 1. The lowest BCUT2D eigenvalue weighted by Gasteiger charge is -2.23. The molecule has 5 nitrogen and oxygen atoms in total. The summed E-state index contributed by atoms with van der Waals surface area (Å²) in [6, 6.07) is 9.67. The summed E-state index contributed by atoms with van der Waals surface area (Å²) in [5.41, 5.74) is 1.14. The molecule has 3 rings (SSSR count). The lowest BCUT2D eigenvalue weighted by Crippen LogP contribution is -2.46. The molecule has 0 spiro atoms. The first-order chi connectivity index (χ1) is 10.7. The smallest absolute Gasteiger partial charge is 0.241 e. The number of carbonyl (C=O) groups excluding carboxylic acids is 1. The van der Waals surface area contributed by atoms with Crippen LogP contribution >= 0.6 is 24.2 Å². The fourth-order valence-electron chi connectivity index (χ4n) is 2.95. The Kier molecular flexibility index (Phi) is 6.17. The third kappa shape index (κ3) is 3.74. The Labute approximate surface area is 146 Å². The second-order valence-electron chi connectivity index (χ2n) is 5.52. The highest BCUT2D eigenvalue weighted by Gasteiger charge is 2.37. The van der Waals surface area contributed by atoms with Crippen LogP contribution < -0.4 is 10.1 Å². The second kappa shape index (κ2) is 7.91. The van der Waals surface area contributed by atoms with Gasteiger partial charge in [-0.15, -0.1) is 24.2 Å². The summed E-state index contributed by atoms with van der Waals surface area (Å²) in [7, 11) is 1.65. The number of carbonyl (C=O) groups is 1. The molecule has 0 aromatic heterocycles. The molecule has 2 saturated heterocycles. The minimum Gasteiger partial charge on any atom is -0.497 e. The van der Waals surface area contributed by atoms with E-state index < -0.39 is 0 Å². The molecule has 23 heavy (non-hydrogen) atoms. The molecule has 0 saturated carbocycles. The monoisotopic (exact) mass is 353 g/mol. The van der Waals surface area contributed by atoms with Gasteiger partial charge >= 0.3 is 0 Å². The first-order valence-corrected chi connectivity index (χ1v) is 8.49. The van der Waals surface area contributed by atoms with Crippen molar-refractivity contribution in [1.29, 1.82) is 5.26 Å². The fraction of sp³-hybridized carbons (Fsp3) is 0.500.